The molecular weight excluding hydrogens is 507 g/mol. The second kappa shape index (κ2) is 10.8. The van der Waals surface area contributed by atoms with Crippen molar-refractivity contribution in [3.8, 4) is 22.1 Å². The number of carbonyl (C=O) groups excluding carboxylic acids is 1. The Bertz CT molecular complexity index is 1280. The van der Waals surface area contributed by atoms with Gasteiger partial charge in [0.1, 0.15) is 23.9 Å². The van der Waals surface area contributed by atoms with Crippen LogP contribution in [-0.2, 0) is 32.1 Å². The number of alkyl halides is 3. The Labute approximate surface area is 204 Å². The van der Waals surface area contributed by atoms with Crippen LogP contribution in [0.2, 0.25) is 0 Å². The van der Waals surface area contributed by atoms with Gasteiger partial charge in [0.15, 0.2) is 21.4 Å². The van der Waals surface area contributed by atoms with Gasteiger partial charge in [-0.05, 0) is 42.8 Å². The molecule has 2 aromatic heterocycles. The smallest absolute Gasteiger partial charge is 0.435 e. The Hall–Kier alpha value is -2.84. The molecule has 0 aliphatic carbocycles. The molecule has 0 spiro atoms. The van der Waals surface area contributed by atoms with Crippen LogP contribution in [0.3, 0.4) is 0 Å². The molecule has 190 valence electrons. The molecule has 35 heavy (non-hydrogen) atoms. The summed E-state index contributed by atoms with van der Waals surface area (Å²) >= 11 is 0.883. The Morgan fingerprint density at radius 1 is 1.20 bits per heavy atom. The molecule has 14 heteroatoms. The van der Waals surface area contributed by atoms with Crippen molar-refractivity contribution in [1.29, 1.82) is 0 Å². The van der Waals surface area contributed by atoms with Crippen molar-refractivity contribution in [2.75, 3.05) is 32.5 Å². The molecule has 9 nitrogen and oxygen atoms in total. The van der Waals surface area contributed by atoms with E-state index in [0.717, 1.165) is 41.6 Å². The SMILES string of the molecule is CCN(CC)CCOC(=O)Cn1nc(C(F)(F)F)cc1-c1nsc(-c2cccc(S(C)(=O)=O)c2)n1. The first-order valence-electron chi connectivity index (χ1n) is 10.6. The van der Waals surface area contributed by atoms with Gasteiger partial charge in [0, 0.05) is 18.4 Å². The van der Waals surface area contributed by atoms with Crippen molar-refractivity contribution in [3.05, 3.63) is 36.0 Å². The Morgan fingerprint density at radius 3 is 2.54 bits per heavy atom. The predicted molar refractivity (Wildman–Crippen MR) is 123 cm³/mol. The lowest BCUT2D eigenvalue weighted by Gasteiger charge is -2.17. The van der Waals surface area contributed by atoms with Gasteiger partial charge in [0.2, 0.25) is 0 Å². The predicted octanol–water partition coefficient (Wildman–Crippen LogP) is 3.38. The molecule has 0 bridgehead atoms. The molecule has 0 aliphatic rings. The van der Waals surface area contributed by atoms with E-state index in [-0.39, 0.29) is 23.0 Å². The minimum Gasteiger partial charge on any atom is -0.463 e. The fourth-order valence-electron chi connectivity index (χ4n) is 3.16. The first-order valence-corrected chi connectivity index (χ1v) is 13.3. The first-order chi connectivity index (χ1) is 16.4. The van der Waals surface area contributed by atoms with E-state index in [4.69, 9.17) is 4.74 Å². The topological polar surface area (TPSA) is 107 Å². The third-order valence-electron chi connectivity index (χ3n) is 5.08. The molecule has 3 aromatic rings. The van der Waals surface area contributed by atoms with Crippen LogP contribution >= 0.6 is 11.5 Å². The van der Waals surface area contributed by atoms with E-state index >= 15 is 0 Å². The molecule has 0 saturated carbocycles. The Kier molecular flexibility index (Phi) is 8.28. The molecule has 0 amide bonds. The molecule has 0 unspecified atom stereocenters. The van der Waals surface area contributed by atoms with E-state index in [9.17, 15) is 26.4 Å². The molecule has 0 aliphatic heterocycles. The van der Waals surface area contributed by atoms with Gasteiger partial charge in [-0.1, -0.05) is 26.0 Å². The average Bonchev–Trinajstić information content (AvgIpc) is 3.43. The van der Waals surface area contributed by atoms with Gasteiger partial charge in [0.25, 0.3) is 0 Å². The van der Waals surface area contributed by atoms with Gasteiger partial charge >= 0.3 is 12.1 Å². The fourth-order valence-corrected chi connectivity index (χ4v) is 4.49. The second-order valence-corrected chi connectivity index (χ2v) is 10.3. The second-order valence-electron chi connectivity index (χ2n) is 7.54. The molecule has 3 rings (SSSR count). The summed E-state index contributed by atoms with van der Waals surface area (Å²) in [4.78, 5) is 18.7. The highest BCUT2D eigenvalue weighted by atomic mass is 32.2. The molecule has 1 aromatic carbocycles. The van der Waals surface area contributed by atoms with E-state index in [1.807, 2.05) is 18.7 Å². The standard InChI is InChI=1S/C21H24F3N5O4S2/c1-4-28(5-2)9-10-33-18(30)13-29-16(12-17(26-29)21(22,23)24)19-25-20(34-27-19)14-7-6-8-15(11-14)35(3,31)32/h6-8,11-12H,4-5,9-10,13H2,1-3H3. The molecule has 0 fully saturated rings. The zero-order chi connectivity index (χ0) is 25.8. The largest absolute Gasteiger partial charge is 0.463 e. The van der Waals surface area contributed by atoms with E-state index in [1.165, 1.54) is 18.2 Å². The summed E-state index contributed by atoms with van der Waals surface area (Å²) in [6.45, 7) is 5.52. The number of rotatable bonds is 10. The number of ether oxygens (including phenoxy) is 1. The van der Waals surface area contributed by atoms with Crippen molar-refractivity contribution >= 4 is 27.3 Å². The normalized spacial score (nSPS) is 12.3. The third-order valence-corrected chi connectivity index (χ3v) is 6.95. The van der Waals surface area contributed by atoms with E-state index < -0.39 is 34.2 Å². The molecule has 0 saturated heterocycles. The van der Waals surface area contributed by atoms with E-state index in [2.05, 4.69) is 14.5 Å². The lowest BCUT2D eigenvalue weighted by molar-refractivity contribution is -0.146. The Balaban J connectivity index is 1.86. The van der Waals surface area contributed by atoms with Crippen molar-refractivity contribution in [1.82, 2.24) is 24.0 Å². The summed E-state index contributed by atoms with van der Waals surface area (Å²) in [6, 6.07) is 6.75. The number of hydrogen-bond donors (Lipinski definition) is 0. The minimum atomic E-state index is -4.74. The van der Waals surface area contributed by atoms with Gasteiger partial charge in [-0.25, -0.2) is 18.1 Å². The third kappa shape index (κ3) is 6.86. The summed E-state index contributed by atoms with van der Waals surface area (Å²) in [5.41, 5.74) is -0.867. The van der Waals surface area contributed by atoms with Gasteiger partial charge in [-0.2, -0.15) is 22.6 Å². The summed E-state index contributed by atoms with van der Waals surface area (Å²) in [6.07, 6.45) is -3.68. The van der Waals surface area contributed by atoms with Gasteiger partial charge in [-0.3, -0.25) is 4.79 Å². The molecular formula is C21H24F3N5O4S2. The lowest BCUT2D eigenvalue weighted by Crippen LogP contribution is -2.28. The zero-order valence-electron chi connectivity index (χ0n) is 19.2. The number of aromatic nitrogens is 4. The number of carbonyl (C=O) groups is 1. The van der Waals surface area contributed by atoms with Crippen LogP contribution in [0.25, 0.3) is 22.1 Å². The molecule has 2 heterocycles. The van der Waals surface area contributed by atoms with Crippen LogP contribution in [0.1, 0.15) is 19.5 Å². The zero-order valence-corrected chi connectivity index (χ0v) is 20.9. The number of benzene rings is 1. The highest BCUT2D eigenvalue weighted by Gasteiger charge is 2.36. The lowest BCUT2D eigenvalue weighted by atomic mass is 10.2. The van der Waals surface area contributed by atoms with Crippen LogP contribution < -0.4 is 0 Å². The minimum absolute atomic E-state index is 0.0728. The highest BCUT2D eigenvalue weighted by Crippen LogP contribution is 2.33. The van der Waals surface area contributed by atoms with Crippen LogP contribution in [-0.4, -0.2) is 70.9 Å². The molecule has 0 N–H and O–H groups in total. The number of sulfone groups is 1. The van der Waals surface area contributed by atoms with Gasteiger partial charge in [0.05, 0.1) is 4.90 Å². The van der Waals surface area contributed by atoms with E-state index in [0.29, 0.717) is 17.1 Å². The average molecular weight is 532 g/mol. The summed E-state index contributed by atoms with van der Waals surface area (Å²) in [7, 11) is -3.47. The number of halogens is 3. The maximum Gasteiger partial charge on any atom is 0.435 e. The number of nitrogens with zero attached hydrogens (tertiary/aromatic N) is 5. The maximum absolute atomic E-state index is 13.3. The summed E-state index contributed by atoms with van der Waals surface area (Å²) < 4.78 is 73.8. The Morgan fingerprint density at radius 2 is 1.91 bits per heavy atom. The molecule has 0 atom stereocenters. The molecule has 0 radical (unpaired) electrons. The monoisotopic (exact) mass is 531 g/mol. The summed E-state index contributed by atoms with van der Waals surface area (Å²) in [5.74, 6) is -0.819. The van der Waals surface area contributed by atoms with Crippen LogP contribution in [0.4, 0.5) is 13.2 Å². The van der Waals surface area contributed by atoms with Crippen molar-refractivity contribution in [2.24, 2.45) is 0 Å². The number of esters is 1. The van der Waals surface area contributed by atoms with Crippen LogP contribution in [0.15, 0.2) is 35.2 Å². The van der Waals surface area contributed by atoms with Crippen molar-refractivity contribution < 1.29 is 31.1 Å². The van der Waals surface area contributed by atoms with E-state index in [1.54, 1.807) is 6.07 Å². The maximum atomic E-state index is 13.3. The summed E-state index contributed by atoms with van der Waals surface area (Å²) in [5, 5.41) is 3.83. The van der Waals surface area contributed by atoms with Crippen molar-refractivity contribution in [2.45, 2.75) is 31.5 Å². The van der Waals surface area contributed by atoms with Gasteiger partial charge < -0.3 is 9.64 Å². The first kappa shape index (κ1) is 26.8. The highest BCUT2D eigenvalue weighted by molar-refractivity contribution is 7.90. The van der Waals surface area contributed by atoms with Gasteiger partial charge in [-0.15, -0.1) is 0 Å². The van der Waals surface area contributed by atoms with Crippen LogP contribution in [0.5, 0.6) is 0 Å². The number of hydrogen-bond acceptors (Lipinski definition) is 9. The van der Waals surface area contributed by atoms with Crippen LogP contribution in [0, 0.1) is 0 Å². The fraction of sp³-hybridized carbons (Fsp3) is 0.429. The number of likely N-dealkylation sites (N-methyl/N-ethyl adjacent to an activating group) is 1. The quantitative estimate of drug-likeness (QED) is 0.367. The van der Waals surface area contributed by atoms with Crippen molar-refractivity contribution in [3.63, 3.8) is 0 Å².